The van der Waals surface area contributed by atoms with Crippen LogP contribution in [0.3, 0.4) is 0 Å². The maximum atomic E-state index is 3.76. The molecule has 1 saturated carbocycles. The van der Waals surface area contributed by atoms with Gasteiger partial charge in [0.1, 0.15) is 0 Å². The predicted molar refractivity (Wildman–Crippen MR) is 87.1 cm³/mol. The summed E-state index contributed by atoms with van der Waals surface area (Å²) in [5, 5.41) is 3.76. The summed E-state index contributed by atoms with van der Waals surface area (Å²) < 4.78 is 0.553. The van der Waals surface area contributed by atoms with E-state index in [0.29, 0.717) is 10.3 Å². The molecular weight excluding hydrogens is 252 g/mol. The Balaban J connectivity index is 1.99. The van der Waals surface area contributed by atoms with Crippen LogP contribution in [-0.2, 0) is 0 Å². The summed E-state index contributed by atoms with van der Waals surface area (Å²) in [5.74, 6) is 0. The lowest BCUT2D eigenvalue weighted by molar-refractivity contribution is 0.183. The fourth-order valence-electron chi connectivity index (χ4n) is 3.72. The molecule has 1 unspecified atom stereocenters. The van der Waals surface area contributed by atoms with E-state index in [1.807, 2.05) is 0 Å². The van der Waals surface area contributed by atoms with Gasteiger partial charge in [0, 0.05) is 23.4 Å². The van der Waals surface area contributed by atoms with Crippen LogP contribution in [0.1, 0.15) is 58.8 Å². The van der Waals surface area contributed by atoms with Crippen LogP contribution in [0.25, 0.3) is 0 Å². The lowest BCUT2D eigenvalue weighted by atomic mass is 9.87. The fourth-order valence-corrected chi connectivity index (χ4v) is 4.73. The molecule has 0 amide bonds. The minimum absolute atomic E-state index is 0.324. The van der Waals surface area contributed by atoms with E-state index < -0.39 is 0 Å². The Kier molecular flexibility index (Phi) is 5.62. The molecule has 0 aromatic rings. The zero-order chi connectivity index (χ0) is 13.8. The number of nitrogens with zero attached hydrogens (tertiary/aromatic N) is 1. The van der Waals surface area contributed by atoms with Crippen molar-refractivity contribution >= 4 is 11.8 Å². The summed E-state index contributed by atoms with van der Waals surface area (Å²) >= 11 is 2.14. The van der Waals surface area contributed by atoms with Gasteiger partial charge in [-0.15, -0.1) is 0 Å². The molecule has 0 radical (unpaired) electrons. The van der Waals surface area contributed by atoms with Crippen molar-refractivity contribution < 1.29 is 0 Å². The zero-order valence-electron chi connectivity index (χ0n) is 13.1. The molecular formula is C16H32N2S. The van der Waals surface area contributed by atoms with Crippen LogP contribution in [0.5, 0.6) is 0 Å². The van der Waals surface area contributed by atoms with Crippen LogP contribution in [0, 0.1) is 0 Å². The zero-order valence-corrected chi connectivity index (χ0v) is 14.0. The number of nitrogens with one attached hydrogen (secondary N) is 1. The molecule has 19 heavy (non-hydrogen) atoms. The quantitative estimate of drug-likeness (QED) is 0.850. The van der Waals surface area contributed by atoms with Gasteiger partial charge in [-0.2, -0.15) is 11.8 Å². The molecule has 0 bridgehead atoms. The van der Waals surface area contributed by atoms with Crippen LogP contribution in [0.4, 0.5) is 0 Å². The second kappa shape index (κ2) is 6.82. The van der Waals surface area contributed by atoms with Crippen molar-refractivity contribution in [2.75, 3.05) is 32.4 Å². The fraction of sp³-hybridized carbons (Fsp3) is 1.00. The summed E-state index contributed by atoms with van der Waals surface area (Å²) in [6.07, 6.45) is 12.1. The van der Waals surface area contributed by atoms with Crippen molar-refractivity contribution in [3.63, 3.8) is 0 Å². The van der Waals surface area contributed by atoms with Gasteiger partial charge in [-0.1, -0.05) is 26.2 Å². The normalized spacial score (nSPS) is 33.0. The van der Waals surface area contributed by atoms with Gasteiger partial charge in [0.2, 0.25) is 0 Å². The van der Waals surface area contributed by atoms with Crippen molar-refractivity contribution in [3.8, 4) is 0 Å². The van der Waals surface area contributed by atoms with Gasteiger partial charge in [-0.25, -0.2) is 0 Å². The van der Waals surface area contributed by atoms with Gasteiger partial charge in [0.05, 0.1) is 0 Å². The molecule has 1 aliphatic carbocycles. The highest BCUT2D eigenvalue weighted by molar-refractivity contribution is 8.00. The van der Waals surface area contributed by atoms with Gasteiger partial charge >= 0.3 is 0 Å². The Morgan fingerprint density at radius 2 is 1.89 bits per heavy atom. The average molecular weight is 285 g/mol. The first-order valence-corrected chi connectivity index (χ1v) is 9.36. The summed E-state index contributed by atoms with van der Waals surface area (Å²) in [6.45, 7) is 9.73. The molecule has 112 valence electrons. The smallest absolute Gasteiger partial charge is 0.0284 e. The molecule has 2 fully saturated rings. The molecule has 1 saturated heterocycles. The van der Waals surface area contributed by atoms with E-state index in [2.05, 4.69) is 42.1 Å². The molecule has 1 aliphatic heterocycles. The van der Waals surface area contributed by atoms with Crippen LogP contribution in [-0.4, -0.2) is 47.6 Å². The Morgan fingerprint density at radius 1 is 1.16 bits per heavy atom. The highest BCUT2D eigenvalue weighted by Crippen LogP contribution is 2.39. The Morgan fingerprint density at radius 3 is 2.53 bits per heavy atom. The molecule has 1 N–H and O–H groups in total. The Bertz CT molecular complexity index is 276. The molecule has 2 rings (SSSR count). The monoisotopic (exact) mass is 284 g/mol. The number of thioether (sulfide) groups is 1. The largest absolute Gasteiger partial charge is 0.310 e. The molecule has 2 aliphatic rings. The van der Waals surface area contributed by atoms with Gasteiger partial charge in [-0.05, 0) is 52.0 Å². The molecule has 0 aromatic heterocycles. The van der Waals surface area contributed by atoms with Gasteiger partial charge in [0.15, 0.2) is 0 Å². The summed E-state index contributed by atoms with van der Waals surface area (Å²) in [4.78, 5) is 2.76. The Labute approximate surface area is 124 Å². The lowest BCUT2D eigenvalue weighted by Crippen LogP contribution is -2.51. The first-order chi connectivity index (χ1) is 9.11. The molecule has 2 nitrogen and oxygen atoms in total. The second-order valence-electron chi connectivity index (χ2n) is 6.85. The molecule has 1 heterocycles. The van der Waals surface area contributed by atoms with Crippen LogP contribution in [0.2, 0.25) is 0 Å². The highest BCUT2D eigenvalue weighted by Gasteiger charge is 2.35. The second-order valence-corrected chi connectivity index (χ2v) is 8.13. The third-order valence-corrected chi connectivity index (χ3v) is 6.67. The van der Waals surface area contributed by atoms with Crippen LogP contribution in [0.15, 0.2) is 0 Å². The van der Waals surface area contributed by atoms with E-state index in [9.17, 15) is 0 Å². The van der Waals surface area contributed by atoms with E-state index in [0.717, 1.165) is 0 Å². The number of rotatable bonds is 4. The maximum Gasteiger partial charge on any atom is 0.0284 e. The first-order valence-electron chi connectivity index (χ1n) is 8.14. The molecule has 3 heteroatoms. The van der Waals surface area contributed by atoms with E-state index in [1.54, 1.807) is 0 Å². The summed E-state index contributed by atoms with van der Waals surface area (Å²) in [7, 11) is 0. The van der Waals surface area contributed by atoms with Crippen LogP contribution < -0.4 is 5.32 Å². The van der Waals surface area contributed by atoms with Gasteiger partial charge in [0.25, 0.3) is 0 Å². The molecule has 0 aromatic carbocycles. The summed E-state index contributed by atoms with van der Waals surface area (Å²) in [6, 6.07) is 0. The predicted octanol–water partition coefficient (Wildman–Crippen LogP) is 3.52. The lowest BCUT2D eigenvalue weighted by Gasteiger charge is -2.42. The standard InChI is InChI=1S/C16H32N2S/c1-4-15(2)13-18(12-8-11-17-15)14-16(19-3)9-6-5-7-10-16/h17H,4-14H2,1-3H3. The number of hydrogen-bond acceptors (Lipinski definition) is 3. The van der Waals surface area contributed by atoms with Gasteiger partial charge < -0.3 is 10.2 Å². The minimum atomic E-state index is 0.324. The van der Waals surface area contributed by atoms with Gasteiger partial charge in [-0.3, -0.25) is 0 Å². The van der Waals surface area contributed by atoms with E-state index in [4.69, 9.17) is 0 Å². The average Bonchev–Trinajstić information content (AvgIpc) is 2.62. The topological polar surface area (TPSA) is 15.3 Å². The molecule has 0 spiro atoms. The van der Waals surface area contributed by atoms with Crippen molar-refractivity contribution in [1.29, 1.82) is 0 Å². The first kappa shape index (κ1) is 15.7. The minimum Gasteiger partial charge on any atom is -0.310 e. The maximum absolute atomic E-state index is 3.76. The van der Waals surface area contributed by atoms with E-state index >= 15 is 0 Å². The Hall–Kier alpha value is 0.270. The third-order valence-electron chi connectivity index (χ3n) is 5.27. The SMILES string of the molecule is CCC1(C)CN(CC2(SC)CCCCC2)CCCN1. The van der Waals surface area contributed by atoms with Crippen LogP contribution >= 0.6 is 11.8 Å². The van der Waals surface area contributed by atoms with Crippen molar-refractivity contribution in [1.82, 2.24) is 10.2 Å². The van der Waals surface area contributed by atoms with E-state index in [1.165, 1.54) is 71.1 Å². The molecule has 1 atom stereocenters. The van der Waals surface area contributed by atoms with Crippen molar-refractivity contribution in [2.24, 2.45) is 0 Å². The third kappa shape index (κ3) is 4.12. The van der Waals surface area contributed by atoms with Crippen molar-refractivity contribution in [3.05, 3.63) is 0 Å². The van der Waals surface area contributed by atoms with Crippen molar-refractivity contribution in [2.45, 2.75) is 69.1 Å². The highest BCUT2D eigenvalue weighted by atomic mass is 32.2. The summed E-state index contributed by atoms with van der Waals surface area (Å²) in [5.41, 5.74) is 0.324. The van der Waals surface area contributed by atoms with E-state index in [-0.39, 0.29) is 0 Å². The number of hydrogen-bond donors (Lipinski definition) is 1.